The van der Waals surface area contributed by atoms with Crippen LogP contribution >= 0.6 is 0 Å². The first-order chi connectivity index (χ1) is 7.94. The molecule has 2 nitrogen and oxygen atoms in total. The Morgan fingerprint density at radius 1 is 1.24 bits per heavy atom. The van der Waals surface area contributed by atoms with Crippen LogP contribution in [0.4, 0.5) is 0 Å². The molecule has 1 fully saturated rings. The van der Waals surface area contributed by atoms with Crippen LogP contribution in [0.25, 0.3) is 0 Å². The van der Waals surface area contributed by atoms with Crippen molar-refractivity contribution in [2.45, 2.75) is 51.2 Å². The Balaban J connectivity index is 1.77. The van der Waals surface area contributed by atoms with E-state index in [1.807, 2.05) is 13.8 Å². The Labute approximate surface area is 104 Å². The molecule has 17 heavy (non-hydrogen) atoms. The van der Waals surface area contributed by atoms with Crippen LogP contribution in [-0.4, -0.2) is 23.3 Å². The van der Waals surface area contributed by atoms with Crippen molar-refractivity contribution in [3.05, 3.63) is 35.4 Å². The highest BCUT2D eigenvalue weighted by atomic mass is 16.3. The SMILES string of the molecule is Cc1ccc(C2CC(NCC(C)(C)O)C2)cc1. The Kier molecular flexibility index (Phi) is 3.55. The summed E-state index contributed by atoms with van der Waals surface area (Å²) in [7, 11) is 0. The second-order valence-electron chi connectivity index (χ2n) is 5.97. The molecule has 1 aliphatic rings. The van der Waals surface area contributed by atoms with E-state index in [4.69, 9.17) is 0 Å². The van der Waals surface area contributed by atoms with Gasteiger partial charge < -0.3 is 10.4 Å². The Morgan fingerprint density at radius 2 is 1.82 bits per heavy atom. The molecule has 0 atom stereocenters. The first-order valence-electron chi connectivity index (χ1n) is 6.46. The minimum Gasteiger partial charge on any atom is -0.389 e. The molecule has 0 bridgehead atoms. The van der Waals surface area contributed by atoms with Gasteiger partial charge in [-0.05, 0) is 45.1 Å². The van der Waals surface area contributed by atoms with Crippen LogP contribution < -0.4 is 5.32 Å². The normalized spacial score (nSPS) is 24.5. The molecule has 0 spiro atoms. The summed E-state index contributed by atoms with van der Waals surface area (Å²) < 4.78 is 0. The second kappa shape index (κ2) is 4.79. The average molecular weight is 233 g/mol. The summed E-state index contributed by atoms with van der Waals surface area (Å²) in [5, 5.41) is 13.1. The van der Waals surface area contributed by atoms with Crippen LogP contribution in [-0.2, 0) is 0 Å². The van der Waals surface area contributed by atoms with Crippen molar-refractivity contribution in [3.63, 3.8) is 0 Å². The Bertz CT molecular complexity index is 358. The van der Waals surface area contributed by atoms with Gasteiger partial charge >= 0.3 is 0 Å². The summed E-state index contributed by atoms with van der Waals surface area (Å²) in [6, 6.07) is 9.44. The van der Waals surface area contributed by atoms with Gasteiger partial charge in [-0.3, -0.25) is 0 Å². The highest BCUT2D eigenvalue weighted by Gasteiger charge is 2.30. The summed E-state index contributed by atoms with van der Waals surface area (Å²) in [5.41, 5.74) is 2.18. The van der Waals surface area contributed by atoms with Crippen LogP contribution in [0.3, 0.4) is 0 Å². The maximum absolute atomic E-state index is 9.64. The second-order valence-corrected chi connectivity index (χ2v) is 5.97. The standard InChI is InChI=1S/C15H23NO/c1-11-4-6-12(7-5-11)13-8-14(9-13)16-10-15(2,3)17/h4-7,13-14,16-17H,8-10H2,1-3H3. The predicted molar refractivity (Wildman–Crippen MR) is 71.2 cm³/mol. The fourth-order valence-corrected chi connectivity index (χ4v) is 2.29. The van der Waals surface area contributed by atoms with E-state index < -0.39 is 5.60 Å². The molecule has 0 amide bonds. The first-order valence-corrected chi connectivity index (χ1v) is 6.46. The van der Waals surface area contributed by atoms with Gasteiger partial charge in [-0.1, -0.05) is 29.8 Å². The molecule has 1 aromatic rings. The van der Waals surface area contributed by atoms with E-state index in [-0.39, 0.29) is 0 Å². The van der Waals surface area contributed by atoms with Gasteiger partial charge in [0.05, 0.1) is 5.60 Å². The van der Waals surface area contributed by atoms with E-state index in [9.17, 15) is 5.11 Å². The third-order valence-corrected chi connectivity index (χ3v) is 3.51. The summed E-state index contributed by atoms with van der Waals surface area (Å²) >= 11 is 0. The monoisotopic (exact) mass is 233 g/mol. The van der Waals surface area contributed by atoms with Crippen LogP contribution in [0.15, 0.2) is 24.3 Å². The zero-order valence-electron chi connectivity index (χ0n) is 11.0. The lowest BCUT2D eigenvalue weighted by atomic mass is 9.75. The van der Waals surface area contributed by atoms with E-state index in [2.05, 4.69) is 36.5 Å². The number of rotatable bonds is 4. The van der Waals surface area contributed by atoms with E-state index in [1.54, 1.807) is 0 Å². The molecule has 0 radical (unpaired) electrons. The minimum absolute atomic E-state index is 0.577. The Morgan fingerprint density at radius 3 is 2.35 bits per heavy atom. The fourth-order valence-electron chi connectivity index (χ4n) is 2.29. The van der Waals surface area contributed by atoms with Gasteiger partial charge in [0.1, 0.15) is 0 Å². The quantitative estimate of drug-likeness (QED) is 0.838. The molecule has 2 rings (SSSR count). The summed E-state index contributed by atoms with van der Waals surface area (Å²) in [6.07, 6.45) is 2.39. The lowest BCUT2D eigenvalue weighted by Gasteiger charge is -2.37. The smallest absolute Gasteiger partial charge is 0.0715 e. The zero-order valence-corrected chi connectivity index (χ0v) is 11.0. The molecule has 94 valence electrons. The zero-order chi connectivity index (χ0) is 12.5. The number of hydrogen-bond donors (Lipinski definition) is 2. The van der Waals surface area contributed by atoms with Crippen molar-refractivity contribution in [1.82, 2.24) is 5.32 Å². The Hall–Kier alpha value is -0.860. The molecular weight excluding hydrogens is 210 g/mol. The van der Waals surface area contributed by atoms with Gasteiger partial charge in [-0.2, -0.15) is 0 Å². The number of aliphatic hydroxyl groups is 1. The van der Waals surface area contributed by atoms with Crippen molar-refractivity contribution >= 4 is 0 Å². The van der Waals surface area contributed by atoms with Crippen molar-refractivity contribution in [3.8, 4) is 0 Å². The molecule has 0 unspecified atom stereocenters. The molecule has 0 saturated heterocycles. The largest absolute Gasteiger partial charge is 0.389 e. The van der Waals surface area contributed by atoms with E-state index >= 15 is 0 Å². The highest BCUT2D eigenvalue weighted by Crippen LogP contribution is 2.36. The number of benzene rings is 1. The van der Waals surface area contributed by atoms with Gasteiger partial charge in [-0.15, -0.1) is 0 Å². The van der Waals surface area contributed by atoms with Gasteiger partial charge in [0.2, 0.25) is 0 Å². The summed E-state index contributed by atoms with van der Waals surface area (Å²) in [6.45, 7) is 6.49. The van der Waals surface area contributed by atoms with Crippen LogP contribution in [0.2, 0.25) is 0 Å². The lowest BCUT2D eigenvalue weighted by molar-refractivity contribution is 0.0708. The minimum atomic E-state index is -0.602. The molecule has 0 aliphatic heterocycles. The average Bonchev–Trinajstić information content (AvgIpc) is 2.16. The topological polar surface area (TPSA) is 32.3 Å². The third kappa shape index (κ3) is 3.55. The fraction of sp³-hybridized carbons (Fsp3) is 0.600. The molecule has 1 saturated carbocycles. The van der Waals surface area contributed by atoms with Crippen molar-refractivity contribution in [2.75, 3.05) is 6.54 Å². The molecule has 0 heterocycles. The number of nitrogens with one attached hydrogen (secondary N) is 1. The molecular formula is C15H23NO. The molecule has 0 aromatic heterocycles. The van der Waals surface area contributed by atoms with E-state index in [0.29, 0.717) is 18.5 Å². The van der Waals surface area contributed by atoms with Gasteiger partial charge in [-0.25, -0.2) is 0 Å². The van der Waals surface area contributed by atoms with E-state index in [0.717, 1.165) is 0 Å². The van der Waals surface area contributed by atoms with Crippen molar-refractivity contribution in [2.24, 2.45) is 0 Å². The first kappa shape index (κ1) is 12.6. The van der Waals surface area contributed by atoms with E-state index in [1.165, 1.54) is 24.0 Å². The molecule has 1 aromatic carbocycles. The van der Waals surface area contributed by atoms with Gasteiger partial charge in [0, 0.05) is 12.6 Å². The van der Waals surface area contributed by atoms with Crippen LogP contribution in [0, 0.1) is 6.92 Å². The van der Waals surface area contributed by atoms with Gasteiger partial charge in [0.25, 0.3) is 0 Å². The van der Waals surface area contributed by atoms with Crippen molar-refractivity contribution in [1.29, 1.82) is 0 Å². The third-order valence-electron chi connectivity index (χ3n) is 3.51. The van der Waals surface area contributed by atoms with Crippen molar-refractivity contribution < 1.29 is 5.11 Å². The molecule has 1 aliphatic carbocycles. The highest BCUT2D eigenvalue weighted by molar-refractivity contribution is 5.26. The maximum Gasteiger partial charge on any atom is 0.0715 e. The molecule has 2 N–H and O–H groups in total. The van der Waals surface area contributed by atoms with Crippen LogP contribution in [0.1, 0.15) is 43.7 Å². The molecule has 2 heteroatoms. The number of aryl methyl sites for hydroxylation is 1. The van der Waals surface area contributed by atoms with Gasteiger partial charge in [0.15, 0.2) is 0 Å². The summed E-state index contributed by atoms with van der Waals surface area (Å²) in [4.78, 5) is 0. The number of hydrogen-bond acceptors (Lipinski definition) is 2. The predicted octanol–water partition coefficient (Wildman–Crippen LogP) is 2.60. The van der Waals surface area contributed by atoms with Crippen LogP contribution in [0.5, 0.6) is 0 Å². The maximum atomic E-state index is 9.64. The lowest BCUT2D eigenvalue weighted by Crippen LogP contribution is -2.46. The summed E-state index contributed by atoms with van der Waals surface area (Å²) in [5.74, 6) is 0.704.